The molecule has 0 amide bonds. The molecule has 7 heterocycles. The van der Waals surface area contributed by atoms with Crippen molar-refractivity contribution < 1.29 is 51.7 Å². The molecular weight excluding hydrogens is 1350 g/mol. The van der Waals surface area contributed by atoms with Crippen LogP contribution in [0.25, 0.3) is 0 Å². The predicted molar refractivity (Wildman–Crippen MR) is 325 cm³/mol. The molecule has 9 aromatic rings. The van der Waals surface area contributed by atoms with Gasteiger partial charge in [0.1, 0.15) is 0 Å². The third-order valence-electron chi connectivity index (χ3n) is 15.2. The summed E-state index contributed by atoms with van der Waals surface area (Å²) in [4.78, 5) is 19.8. The van der Waals surface area contributed by atoms with Crippen LogP contribution in [0.1, 0.15) is 34.9 Å². The van der Waals surface area contributed by atoms with Crippen molar-refractivity contribution in [2.24, 2.45) is 0 Å². The van der Waals surface area contributed by atoms with Gasteiger partial charge < -0.3 is 0 Å². The van der Waals surface area contributed by atoms with Crippen molar-refractivity contribution >= 4 is 125 Å². The number of fused-ring (bicyclic) bond motifs is 24. The van der Waals surface area contributed by atoms with E-state index in [0.29, 0.717) is 119 Å². The van der Waals surface area contributed by atoms with Gasteiger partial charge in [0.05, 0.1) is 0 Å². The summed E-state index contributed by atoms with van der Waals surface area (Å²) in [7, 11) is 0. The van der Waals surface area contributed by atoms with Crippen molar-refractivity contribution in [1.29, 1.82) is 0 Å². The molecule has 0 atom stereocenters. The Labute approximate surface area is 500 Å². The first-order valence-electron chi connectivity index (χ1n) is 32.1. The summed E-state index contributed by atoms with van der Waals surface area (Å²) in [6.45, 7) is -7.11. The van der Waals surface area contributed by atoms with Gasteiger partial charge in [-0.1, -0.05) is 0 Å². The molecule has 1 saturated heterocycles. The number of benzene rings is 9. The number of nitrogens with zero attached hydrogens (tertiary/aromatic N) is 11. The second-order valence-electron chi connectivity index (χ2n) is 20.0. The topological polar surface area (TPSA) is 35.6 Å². The van der Waals surface area contributed by atoms with E-state index in [9.17, 15) is 4.11 Å². The summed E-state index contributed by atoms with van der Waals surface area (Å²) in [6.07, 6.45) is 1.97. The zero-order valence-electron chi connectivity index (χ0n) is 54.7. The summed E-state index contributed by atoms with van der Waals surface area (Å²) < 4.78 is 111. The maximum absolute atomic E-state index is 9.19. The zero-order chi connectivity index (χ0) is 63.5. The van der Waals surface area contributed by atoms with Crippen LogP contribution in [0.5, 0.6) is 0 Å². The molecule has 0 aromatic heterocycles. The van der Waals surface area contributed by atoms with E-state index in [1.165, 1.54) is 19.6 Å². The first-order valence-corrected chi connectivity index (χ1v) is 30.7. The van der Waals surface area contributed by atoms with Crippen LogP contribution in [0.15, 0.2) is 182 Å². The molecule has 8 bridgehead atoms. The molecule has 16 rings (SSSR count). The number of hydrogen-bond acceptors (Lipinski definition) is 11. The first kappa shape index (κ1) is 36.7. The Balaban J connectivity index is 0.923. The number of hydrogen-bond donors (Lipinski definition) is 0. The minimum atomic E-state index is -2.68. The normalized spacial score (nSPS) is 19.7. The van der Waals surface area contributed by atoms with Gasteiger partial charge in [0, 0.05) is 0 Å². The molecule has 1 fully saturated rings. The Morgan fingerprint density at radius 3 is 1.00 bits per heavy atom. The number of rotatable bonds is 3. The average molecular weight is 1410 g/mol. The van der Waals surface area contributed by atoms with E-state index in [2.05, 4.69) is 51.1 Å². The summed E-state index contributed by atoms with van der Waals surface area (Å²) in [5.41, 5.74) is 12.2. The van der Waals surface area contributed by atoms with Crippen LogP contribution < -0.4 is 53.9 Å². The van der Waals surface area contributed by atoms with Crippen LogP contribution in [0.2, 0.25) is 0 Å². The first-order chi connectivity index (χ1) is 44.1. The van der Waals surface area contributed by atoms with E-state index in [0.717, 1.165) is 37.2 Å². The second-order valence-corrected chi connectivity index (χ2v) is 25.2. The van der Waals surface area contributed by atoms with Gasteiger partial charge >= 0.3 is 503 Å². The van der Waals surface area contributed by atoms with E-state index in [1.54, 1.807) is 24.3 Å². The van der Waals surface area contributed by atoms with Crippen LogP contribution in [-0.4, -0.2) is 57.6 Å². The quantitative estimate of drug-likeness (QED) is 0.159. The Morgan fingerprint density at radius 1 is 0.325 bits per heavy atom. The number of anilines is 19. The van der Waals surface area contributed by atoms with Crippen LogP contribution in [0.4, 0.5) is 108 Å². The van der Waals surface area contributed by atoms with Gasteiger partial charge in [-0.25, -0.2) is 0 Å². The molecule has 0 N–H and O–H groups in total. The third-order valence-corrected chi connectivity index (χ3v) is 21.3. The molecule has 0 spiro atoms. The van der Waals surface area contributed by atoms with Gasteiger partial charge in [-0.2, -0.15) is 0 Å². The van der Waals surface area contributed by atoms with Crippen molar-refractivity contribution in [3.63, 3.8) is 0 Å². The SMILES string of the molecule is [2H]C([2H])([2H])N1[C]2=[Pt]=[C]3N(c4[c-]c(cc(C)c4)N(c4ccc(N5c6[c-]c(ccc6)N6[C](=[Pt]=[C]7N(c8[c-]c5cc(N5CCCC5)c8)c5ccccc5N7C([2H])([2H])[2H])N(C([2H])([2H])[2H])c5ccccc56)cc4)c4[c-]c(ccc4)N2c2ccccc21)c1ccccc1N3C([2H])([2H])[2H]. The summed E-state index contributed by atoms with van der Waals surface area (Å²) in [5.74, 6) is 0. The van der Waals surface area contributed by atoms with E-state index in [-0.39, 0.29) is 0 Å². The number of para-hydroxylation sites is 8. The fraction of sp³-hybridized carbons (Fsp3) is 0.134. The minimum absolute atomic E-state index is 0.420. The van der Waals surface area contributed by atoms with Gasteiger partial charge in [-0.05, 0) is 0 Å². The fourth-order valence-electron chi connectivity index (χ4n) is 11.6. The van der Waals surface area contributed by atoms with Gasteiger partial charge in [-0.15, -0.1) is 0 Å². The standard InChI is InChI=1S/C67H53N11.2Pt/c1-48-36-56(75-46-70(4)62-24-8-12-28-66(62)75)42-58(37-48)77(53-20-16-18-51(38-53)73-44-68(2)60-22-6-10-26-64(60)73)49-30-32-50(33-31-49)78(54-21-17-19-52(39-54)74-45-69(3)61-23-7-11-27-65(61)74)59-41-55(72-34-14-15-35-72)40-57(43-59)76-47-71(5)63-25-9-13-29-67(63)76;;/h6-13,16-33,36-37,40-41H,14-15,34-35H2,1-5H3;;/q-4;;/i2D3,3D3,4D3,5D3;;. The Kier molecular flexibility index (Phi) is 8.43. The van der Waals surface area contributed by atoms with Crippen molar-refractivity contribution in [1.82, 2.24) is 0 Å². The van der Waals surface area contributed by atoms with Crippen molar-refractivity contribution in [2.75, 3.05) is 94.9 Å². The summed E-state index contributed by atoms with van der Waals surface area (Å²) in [6, 6.07) is 72.5. The molecule has 0 unspecified atom stereocenters. The molecule has 0 radical (unpaired) electrons. The number of aryl methyl sites for hydroxylation is 1. The molecule has 11 nitrogen and oxygen atoms in total. The Bertz CT molecular complexity index is 4700. The van der Waals surface area contributed by atoms with Gasteiger partial charge in [0.15, 0.2) is 0 Å². The van der Waals surface area contributed by atoms with Crippen LogP contribution in [0, 0.1) is 31.2 Å². The monoisotopic (exact) mass is 1410 g/mol. The second kappa shape index (κ2) is 18.3. The van der Waals surface area contributed by atoms with Crippen molar-refractivity contribution in [3.8, 4) is 0 Å². The van der Waals surface area contributed by atoms with E-state index < -0.39 is 63.2 Å². The fourth-order valence-corrected chi connectivity index (χ4v) is 17.8. The van der Waals surface area contributed by atoms with E-state index in [1.807, 2.05) is 172 Å². The van der Waals surface area contributed by atoms with Crippen molar-refractivity contribution in [2.45, 2.75) is 19.8 Å². The van der Waals surface area contributed by atoms with Gasteiger partial charge in [0.25, 0.3) is 0 Å². The van der Waals surface area contributed by atoms with E-state index >= 15 is 0 Å². The van der Waals surface area contributed by atoms with Crippen molar-refractivity contribution in [3.05, 3.63) is 212 Å². The van der Waals surface area contributed by atoms with Gasteiger partial charge in [-0.3, -0.25) is 0 Å². The Morgan fingerprint density at radius 2 is 0.625 bits per heavy atom. The molecule has 13 heteroatoms. The average Bonchev–Trinajstić information content (AvgIpc) is 1.55. The molecule has 0 aliphatic carbocycles. The molecular formula is C67H53N11Pt2-4. The predicted octanol–water partition coefficient (Wildman–Crippen LogP) is 13.6. The molecule has 9 aromatic carbocycles. The third kappa shape index (κ3) is 7.26. The summed E-state index contributed by atoms with van der Waals surface area (Å²) in [5, 5.41) is 0. The van der Waals surface area contributed by atoms with E-state index in [4.69, 9.17) is 12.3 Å². The Hall–Kier alpha value is -8.36. The molecule has 0 saturated carbocycles. The molecule has 7 aliphatic rings. The summed E-state index contributed by atoms with van der Waals surface area (Å²) >= 11 is -3.42. The molecule has 80 heavy (non-hydrogen) atoms. The zero-order valence-corrected chi connectivity index (χ0v) is 47.2. The van der Waals surface area contributed by atoms with Crippen LogP contribution in [0.3, 0.4) is 0 Å². The molecule has 7 aliphatic heterocycles. The van der Waals surface area contributed by atoms with Gasteiger partial charge in [0.2, 0.25) is 0 Å². The molecule has 400 valence electrons. The van der Waals surface area contributed by atoms with Crippen LogP contribution >= 0.6 is 0 Å². The maximum atomic E-state index is 9.19. The van der Waals surface area contributed by atoms with Crippen LogP contribution in [-0.2, 0) is 35.3 Å².